The number of anilines is 5. The van der Waals surface area contributed by atoms with E-state index < -0.39 is 0 Å². The van der Waals surface area contributed by atoms with E-state index >= 15 is 0 Å². The van der Waals surface area contributed by atoms with Gasteiger partial charge in [0.05, 0.1) is 37.3 Å². The van der Waals surface area contributed by atoms with Crippen molar-refractivity contribution in [3.8, 4) is 0 Å². The molecule has 1 aromatic heterocycles. The third-order valence-corrected chi connectivity index (χ3v) is 6.30. The minimum Gasteiger partial charge on any atom is -0.380 e. The van der Waals surface area contributed by atoms with Gasteiger partial charge in [0.15, 0.2) is 0 Å². The first-order valence-electron chi connectivity index (χ1n) is 11.9. The number of fused-ring (bicyclic) bond motifs is 1. The van der Waals surface area contributed by atoms with Gasteiger partial charge in [0.1, 0.15) is 0 Å². The fourth-order valence-corrected chi connectivity index (χ4v) is 4.31. The Bertz CT molecular complexity index is 1180. The Kier molecular flexibility index (Phi) is 6.67. The number of nitrogens with one attached hydrogen (secondary N) is 2. The van der Waals surface area contributed by atoms with Gasteiger partial charge in [0.25, 0.3) is 5.91 Å². The molecule has 1 amide bonds. The summed E-state index contributed by atoms with van der Waals surface area (Å²) in [7, 11) is 3.94. The van der Waals surface area contributed by atoms with Crippen LogP contribution in [0.4, 0.5) is 28.7 Å². The zero-order chi connectivity index (χ0) is 24.2. The minimum atomic E-state index is -0.00447. The lowest BCUT2D eigenvalue weighted by Crippen LogP contribution is -2.36. The molecule has 2 N–H and O–H groups in total. The van der Waals surface area contributed by atoms with E-state index in [4.69, 9.17) is 9.72 Å². The molecule has 0 radical (unpaired) electrons. The zero-order valence-electron chi connectivity index (χ0n) is 20.2. The maximum absolute atomic E-state index is 13.3. The van der Waals surface area contributed by atoms with Crippen LogP contribution in [0.25, 0.3) is 0 Å². The number of amides is 1. The van der Waals surface area contributed by atoms with Crippen LogP contribution in [0.2, 0.25) is 0 Å². The summed E-state index contributed by atoms with van der Waals surface area (Å²) < 4.78 is 5.44. The van der Waals surface area contributed by atoms with Gasteiger partial charge in [0.2, 0.25) is 5.95 Å². The lowest BCUT2D eigenvalue weighted by molar-refractivity contribution is 0.0751. The van der Waals surface area contributed by atoms with Gasteiger partial charge < -0.3 is 30.1 Å². The van der Waals surface area contributed by atoms with E-state index in [0.29, 0.717) is 31.1 Å². The van der Waals surface area contributed by atoms with Crippen LogP contribution in [-0.4, -0.2) is 74.3 Å². The summed E-state index contributed by atoms with van der Waals surface area (Å²) in [4.78, 5) is 28.6. The van der Waals surface area contributed by atoms with Gasteiger partial charge in [-0.05, 0) is 42.5 Å². The minimum absolute atomic E-state index is 0.00447. The van der Waals surface area contributed by atoms with E-state index in [1.165, 1.54) is 5.69 Å². The molecular weight excluding hydrogens is 442 g/mol. The number of ether oxygens (including phenoxy) is 1. The summed E-state index contributed by atoms with van der Waals surface area (Å²) in [6.07, 6.45) is 1.79. The molecule has 2 aromatic carbocycles. The molecule has 0 spiro atoms. The summed E-state index contributed by atoms with van der Waals surface area (Å²) in [6.45, 7) is 4.99. The SMILES string of the molecule is CN(C)c1cccc(C(=O)N2CCNc3cnc(Nc4ccc(N5CCOCC5)cc4)nc3C2)c1. The highest BCUT2D eigenvalue weighted by molar-refractivity contribution is 5.95. The Morgan fingerprint density at radius 1 is 1.09 bits per heavy atom. The predicted molar refractivity (Wildman–Crippen MR) is 139 cm³/mol. The molecule has 0 unspecified atom stereocenters. The standard InChI is InChI=1S/C26H31N7O2/c1-31(2)22-5-3-4-19(16-22)25(34)33-11-10-27-23-17-28-26(30-24(23)18-33)29-20-6-8-21(9-7-20)32-12-14-35-15-13-32/h3-9,16-17,27H,10-15,18H2,1-2H3,(H,28,29,30). The Labute approximate surface area is 205 Å². The summed E-state index contributed by atoms with van der Waals surface area (Å²) in [5, 5.41) is 6.65. The second-order valence-electron chi connectivity index (χ2n) is 8.92. The van der Waals surface area contributed by atoms with Gasteiger partial charge in [-0.2, -0.15) is 0 Å². The quantitative estimate of drug-likeness (QED) is 0.585. The molecule has 3 aromatic rings. The molecule has 2 aliphatic heterocycles. The van der Waals surface area contributed by atoms with E-state index in [1.54, 1.807) is 6.20 Å². The third-order valence-electron chi connectivity index (χ3n) is 6.30. The Morgan fingerprint density at radius 3 is 2.66 bits per heavy atom. The fraction of sp³-hybridized carbons (Fsp3) is 0.346. The number of aromatic nitrogens is 2. The Balaban J connectivity index is 1.30. The smallest absolute Gasteiger partial charge is 0.254 e. The van der Waals surface area contributed by atoms with Gasteiger partial charge in [0, 0.05) is 62.9 Å². The third kappa shape index (κ3) is 5.30. The van der Waals surface area contributed by atoms with Crippen LogP contribution >= 0.6 is 0 Å². The lowest BCUT2D eigenvalue weighted by atomic mass is 10.1. The van der Waals surface area contributed by atoms with Crippen molar-refractivity contribution >= 4 is 34.6 Å². The van der Waals surface area contributed by atoms with Crippen LogP contribution in [0.1, 0.15) is 16.1 Å². The average molecular weight is 474 g/mol. The van der Waals surface area contributed by atoms with Crippen LogP contribution in [0.3, 0.4) is 0 Å². The normalized spacial score (nSPS) is 15.6. The number of hydrogen-bond donors (Lipinski definition) is 2. The molecule has 1 saturated heterocycles. The summed E-state index contributed by atoms with van der Waals surface area (Å²) in [5.74, 6) is 0.503. The first-order valence-corrected chi connectivity index (χ1v) is 11.9. The maximum Gasteiger partial charge on any atom is 0.254 e. The number of nitrogens with zero attached hydrogens (tertiary/aromatic N) is 5. The first kappa shape index (κ1) is 22.9. The molecule has 2 aliphatic rings. The van der Waals surface area contributed by atoms with E-state index in [0.717, 1.165) is 49.1 Å². The number of hydrogen-bond acceptors (Lipinski definition) is 8. The van der Waals surface area contributed by atoms with Gasteiger partial charge >= 0.3 is 0 Å². The van der Waals surface area contributed by atoms with Crippen molar-refractivity contribution in [3.05, 3.63) is 66.0 Å². The van der Waals surface area contributed by atoms with Crippen molar-refractivity contribution in [2.24, 2.45) is 0 Å². The average Bonchev–Trinajstić information content (AvgIpc) is 3.11. The fourth-order valence-electron chi connectivity index (χ4n) is 4.31. The Hall–Kier alpha value is -3.85. The van der Waals surface area contributed by atoms with Gasteiger partial charge in [-0.25, -0.2) is 9.97 Å². The summed E-state index contributed by atoms with van der Waals surface area (Å²) >= 11 is 0. The van der Waals surface area contributed by atoms with Crippen LogP contribution in [-0.2, 0) is 11.3 Å². The maximum atomic E-state index is 13.3. The van der Waals surface area contributed by atoms with Crippen LogP contribution in [0.15, 0.2) is 54.7 Å². The molecule has 3 heterocycles. The molecule has 182 valence electrons. The topological polar surface area (TPSA) is 85.9 Å². The molecular formula is C26H31N7O2. The molecule has 0 atom stereocenters. The Morgan fingerprint density at radius 2 is 1.89 bits per heavy atom. The second-order valence-corrected chi connectivity index (χ2v) is 8.92. The van der Waals surface area contributed by atoms with Crippen molar-refractivity contribution in [3.63, 3.8) is 0 Å². The monoisotopic (exact) mass is 473 g/mol. The van der Waals surface area contributed by atoms with Crippen LogP contribution < -0.4 is 20.4 Å². The lowest BCUT2D eigenvalue weighted by Gasteiger charge is -2.28. The van der Waals surface area contributed by atoms with Crippen molar-refractivity contribution in [1.82, 2.24) is 14.9 Å². The van der Waals surface area contributed by atoms with Crippen molar-refractivity contribution < 1.29 is 9.53 Å². The van der Waals surface area contributed by atoms with E-state index in [-0.39, 0.29) is 5.91 Å². The zero-order valence-corrected chi connectivity index (χ0v) is 20.2. The van der Waals surface area contributed by atoms with E-state index in [2.05, 4.69) is 32.7 Å². The number of rotatable bonds is 5. The summed E-state index contributed by atoms with van der Waals surface area (Å²) in [5.41, 5.74) is 5.41. The molecule has 0 bridgehead atoms. The number of carbonyl (C=O) groups excluding carboxylic acids is 1. The summed E-state index contributed by atoms with van der Waals surface area (Å²) in [6, 6.07) is 16.0. The van der Waals surface area contributed by atoms with Crippen molar-refractivity contribution in [2.45, 2.75) is 6.54 Å². The first-order chi connectivity index (χ1) is 17.1. The van der Waals surface area contributed by atoms with Crippen molar-refractivity contribution in [1.29, 1.82) is 0 Å². The van der Waals surface area contributed by atoms with Gasteiger partial charge in [-0.15, -0.1) is 0 Å². The number of carbonyl (C=O) groups is 1. The predicted octanol–water partition coefficient (Wildman–Crippen LogP) is 3.19. The van der Waals surface area contributed by atoms with Crippen LogP contribution in [0.5, 0.6) is 0 Å². The highest BCUT2D eigenvalue weighted by Crippen LogP contribution is 2.24. The van der Waals surface area contributed by atoms with Crippen LogP contribution in [0, 0.1) is 0 Å². The van der Waals surface area contributed by atoms with E-state index in [9.17, 15) is 4.79 Å². The van der Waals surface area contributed by atoms with Crippen molar-refractivity contribution in [2.75, 3.05) is 73.9 Å². The van der Waals surface area contributed by atoms with Gasteiger partial charge in [-0.1, -0.05) is 6.07 Å². The highest BCUT2D eigenvalue weighted by Gasteiger charge is 2.22. The molecule has 9 heteroatoms. The molecule has 35 heavy (non-hydrogen) atoms. The number of benzene rings is 2. The van der Waals surface area contributed by atoms with E-state index in [1.807, 2.05) is 60.3 Å². The number of morpholine rings is 1. The molecule has 0 saturated carbocycles. The molecule has 9 nitrogen and oxygen atoms in total. The highest BCUT2D eigenvalue weighted by atomic mass is 16.5. The molecule has 0 aliphatic carbocycles. The second kappa shape index (κ2) is 10.2. The van der Waals surface area contributed by atoms with Gasteiger partial charge in [-0.3, -0.25) is 4.79 Å². The molecule has 5 rings (SSSR count). The largest absolute Gasteiger partial charge is 0.380 e. The molecule has 1 fully saturated rings.